The lowest BCUT2D eigenvalue weighted by molar-refractivity contribution is -0.137. The molecule has 0 aromatic heterocycles. The molecule has 2 rings (SSSR count). The zero-order chi connectivity index (χ0) is 14.7. The molecule has 114 valence electrons. The summed E-state index contributed by atoms with van der Waals surface area (Å²) in [4.78, 5) is 29.5. The molecule has 0 spiro atoms. The van der Waals surface area contributed by atoms with E-state index < -0.39 is 0 Å². The minimum atomic E-state index is 0.180. The fraction of sp³-hybridized carbons (Fsp3) is 0.867. The van der Waals surface area contributed by atoms with Crippen molar-refractivity contribution in [2.75, 3.05) is 39.3 Å². The van der Waals surface area contributed by atoms with Gasteiger partial charge < -0.3 is 9.80 Å². The minimum Gasteiger partial charge on any atom is -0.340 e. The summed E-state index contributed by atoms with van der Waals surface area (Å²) >= 11 is 0. The Morgan fingerprint density at radius 1 is 1.25 bits per heavy atom. The Morgan fingerprint density at radius 2 is 1.90 bits per heavy atom. The van der Waals surface area contributed by atoms with E-state index in [1.54, 1.807) is 6.92 Å². The van der Waals surface area contributed by atoms with Crippen LogP contribution in [0.2, 0.25) is 0 Å². The van der Waals surface area contributed by atoms with Crippen molar-refractivity contribution in [1.29, 1.82) is 0 Å². The van der Waals surface area contributed by atoms with E-state index in [1.165, 1.54) is 0 Å². The predicted molar refractivity (Wildman–Crippen MR) is 78.3 cm³/mol. The third-order valence-electron chi connectivity index (χ3n) is 4.50. The molecule has 1 unspecified atom stereocenters. The second-order valence-electron chi connectivity index (χ2n) is 6.35. The van der Waals surface area contributed by atoms with Crippen LogP contribution in [-0.2, 0) is 9.59 Å². The molecule has 0 aromatic rings. The molecule has 0 radical (unpaired) electrons. The van der Waals surface area contributed by atoms with Crippen LogP contribution in [0.15, 0.2) is 0 Å². The Kier molecular flexibility index (Phi) is 5.02. The third-order valence-corrected chi connectivity index (χ3v) is 4.50. The molecule has 2 amide bonds. The summed E-state index contributed by atoms with van der Waals surface area (Å²) in [7, 11) is 0. The molecule has 0 aromatic carbocycles. The van der Waals surface area contributed by atoms with Crippen LogP contribution in [0, 0.1) is 5.92 Å². The lowest BCUT2D eigenvalue weighted by atomic mass is 9.95. The molecule has 0 bridgehead atoms. The van der Waals surface area contributed by atoms with E-state index in [0.717, 1.165) is 45.7 Å². The molecule has 20 heavy (non-hydrogen) atoms. The molecule has 1 atom stereocenters. The standard InChI is InChI=1S/C15H27N3O2/c1-12(2)18-11-14(4-5-15(18)20)10-16-6-8-17(9-7-16)13(3)19/h12,14H,4-11H2,1-3H3. The van der Waals surface area contributed by atoms with Crippen LogP contribution in [0.4, 0.5) is 0 Å². The molecule has 2 fully saturated rings. The summed E-state index contributed by atoms with van der Waals surface area (Å²) in [6, 6.07) is 0.305. The average Bonchev–Trinajstić information content (AvgIpc) is 2.41. The van der Waals surface area contributed by atoms with Gasteiger partial charge in [-0.25, -0.2) is 0 Å². The van der Waals surface area contributed by atoms with E-state index in [9.17, 15) is 9.59 Å². The highest BCUT2D eigenvalue weighted by molar-refractivity contribution is 5.77. The number of nitrogens with zero attached hydrogens (tertiary/aromatic N) is 3. The first-order valence-corrected chi connectivity index (χ1v) is 7.74. The molecule has 2 heterocycles. The van der Waals surface area contributed by atoms with E-state index in [-0.39, 0.29) is 5.91 Å². The third kappa shape index (κ3) is 3.72. The molecular weight excluding hydrogens is 254 g/mol. The average molecular weight is 281 g/mol. The number of carbonyl (C=O) groups is 2. The number of carbonyl (C=O) groups excluding carboxylic acids is 2. The van der Waals surface area contributed by atoms with Crippen molar-refractivity contribution in [3.05, 3.63) is 0 Å². The van der Waals surface area contributed by atoms with E-state index in [1.807, 2.05) is 9.80 Å². The van der Waals surface area contributed by atoms with Crippen molar-refractivity contribution in [2.24, 2.45) is 5.92 Å². The van der Waals surface area contributed by atoms with Crippen molar-refractivity contribution in [3.63, 3.8) is 0 Å². The maximum Gasteiger partial charge on any atom is 0.222 e. The first-order valence-electron chi connectivity index (χ1n) is 7.74. The summed E-state index contributed by atoms with van der Waals surface area (Å²) in [5, 5.41) is 0. The Bertz CT molecular complexity index is 362. The number of hydrogen-bond acceptors (Lipinski definition) is 3. The smallest absolute Gasteiger partial charge is 0.222 e. The summed E-state index contributed by atoms with van der Waals surface area (Å²) in [6.07, 6.45) is 1.70. The number of hydrogen-bond donors (Lipinski definition) is 0. The van der Waals surface area contributed by atoms with E-state index in [2.05, 4.69) is 18.7 Å². The number of likely N-dealkylation sites (tertiary alicyclic amines) is 1. The number of amides is 2. The van der Waals surface area contributed by atoms with Crippen LogP contribution >= 0.6 is 0 Å². The molecule has 0 aliphatic carbocycles. The Morgan fingerprint density at radius 3 is 2.45 bits per heavy atom. The Hall–Kier alpha value is -1.10. The Balaban J connectivity index is 1.80. The fourth-order valence-corrected chi connectivity index (χ4v) is 3.20. The van der Waals surface area contributed by atoms with Gasteiger partial charge in [0.2, 0.25) is 11.8 Å². The topological polar surface area (TPSA) is 43.9 Å². The summed E-state index contributed by atoms with van der Waals surface area (Å²) < 4.78 is 0. The highest BCUT2D eigenvalue weighted by Gasteiger charge is 2.29. The lowest BCUT2D eigenvalue weighted by Crippen LogP contribution is -2.52. The first-order chi connectivity index (χ1) is 9.47. The van der Waals surface area contributed by atoms with Gasteiger partial charge in [-0.15, -0.1) is 0 Å². The van der Waals surface area contributed by atoms with E-state index in [4.69, 9.17) is 0 Å². The quantitative estimate of drug-likeness (QED) is 0.768. The van der Waals surface area contributed by atoms with Gasteiger partial charge in [-0.1, -0.05) is 0 Å². The highest BCUT2D eigenvalue weighted by Crippen LogP contribution is 2.21. The number of rotatable bonds is 3. The molecule has 2 aliphatic heterocycles. The van der Waals surface area contributed by atoms with Crippen LogP contribution in [-0.4, -0.2) is 71.8 Å². The van der Waals surface area contributed by atoms with Gasteiger partial charge in [0.1, 0.15) is 0 Å². The van der Waals surface area contributed by atoms with Crippen molar-refractivity contribution < 1.29 is 9.59 Å². The lowest BCUT2D eigenvalue weighted by Gasteiger charge is -2.40. The van der Waals surface area contributed by atoms with Crippen molar-refractivity contribution in [2.45, 2.75) is 39.7 Å². The molecule has 2 saturated heterocycles. The zero-order valence-electron chi connectivity index (χ0n) is 13.0. The maximum atomic E-state index is 11.9. The van der Waals surface area contributed by atoms with Crippen LogP contribution in [0.25, 0.3) is 0 Å². The summed E-state index contributed by atoms with van der Waals surface area (Å²) in [5.41, 5.74) is 0. The largest absolute Gasteiger partial charge is 0.340 e. The maximum absolute atomic E-state index is 11.9. The zero-order valence-corrected chi connectivity index (χ0v) is 13.0. The van der Waals surface area contributed by atoms with Crippen LogP contribution in [0.5, 0.6) is 0 Å². The van der Waals surface area contributed by atoms with Gasteiger partial charge >= 0.3 is 0 Å². The monoisotopic (exact) mass is 281 g/mol. The molecule has 0 N–H and O–H groups in total. The van der Waals surface area contributed by atoms with Crippen LogP contribution < -0.4 is 0 Å². The SMILES string of the molecule is CC(=O)N1CCN(CC2CCC(=O)N(C(C)C)C2)CC1. The first kappa shape index (κ1) is 15.3. The fourth-order valence-electron chi connectivity index (χ4n) is 3.20. The molecule has 0 saturated carbocycles. The van der Waals surface area contributed by atoms with Crippen molar-refractivity contribution in [3.8, 4) is 0 Å². The van der Waals surface area contributed by atoms with Crippen molar-refractivity contribution >= 4 is 11.8 Å². The second kappa shape index (κ2) is 6.57. The molecule has 2 aliphatic rings. The van der Waals surface area contributed by atoms with E-state index in [0.29, 0.717) is 24.3 Å². The number of piperazine rings is 1. The molecular formula is C15H27N3O2. The van der Waals surface area contributed by atoms with Gasteiger partial charge in [0, 0.05) is 58.7 Å². The summed E-state index contributed by atoms with van der Waals surface area (Å²) in [5.74, 6) is 1.07. The van der Waals surface area contributed by atoms with Gasteiger partial charge in [-0.2, -0.15) is 0 Å². The highest BCUT2D eigenvalue weighted by atomic mass is 16.2. The number of piperidine rings is 1. The predicted octanol–water partition coefficient (Wildman–Crippen LogP) is 0.798. The molecule has 5 nitrogen and oxygen atoms in total. The van der Waals surface area contributed by atoms with E-state index >= 15 is 0 Å². The van der Waals surface area contributed by atoms with Crippen molar-refractivity contribution in [1.82, 2.24) is 14.7 Å². The summed E-state index contributed by atoms with van der Waals surface area (Å²) in [6.45, 7) is 11.4. The van der Waals surface area contributed by atoms with Gasteiger partial charge in [-0.3, -0.25) is 14.5 Å². The normalized spacial score (nSPS) is 25.4. The second-order valence-corrected chi connectivity index (χ2v) is 6.35. The van der Waals surface area contributed by atoms with Gasteiger partial charge in [0.25, 0.3) is 0 Å². The minimum absolute atomic E-state index is 0.180. The van der Waals surface area contributed by atoms with Gasteiger partial charge in [-0.05, 0) is 26.2 Å². The van der Waals surface area contributed by atoms with Gasteiger partial charge in [0.15, 0.2) is 0 Å². The Labute approximate surface area is 121 Å². The van der Waals surface area contributed by atoms with Crippen LogP contribution in [0.3, 0.4) is 0 Å². The van der Waals surface area contributed by atoms with Crippen LogP contribution in [0.1, 0.15) is 33.6 Å². The van der Waals surface area contributed by atoms with Gasteiger partial charge in [0.05, 0.1) is 0 Å². The molecule has 5 heteroatoms.